The van der Waals surface area contributed by atoms with Crippen molar-refractivity contribution in [1.82, 2.24) is 5.32 Å². The van der Waals surface area contributed by atoms with Gasteiger partial charge < -0.3 is 15.4 Å². The van der Waals surface area contributed by atoms with E-state index in [0.29, 0.717) is 22.9 Å². The monoisotopic (exact) mass is 322 g/mol. The van der Waals surface area contributed by atoms with E-state index in [1.807, 2.05) is 30.3 Å². The molecule has 2 amide bonds. The number of anilines is 1. The van der Waals surface area contributed by atoms with Crippen molar-refractivity contribution in [1.29, 1.82) is 0 Å². The maximum atomic E-state index is 12.7. The second kappa shape index (κ2) is 6.00. The van der Waals surface area contributed by atoms with E-state index < -0.39 is 0 Å². The highest BCUT2D eigenvalue weighted by molar-refractivity contribution is 6.00. The Hall–Kier alpha value is -2.82. The lowest BCUT2D eigenvalue weighted by Gasteiger charge is -2.21. The van der Waals surface area contributed by atoms with E-state index in [9.17, 15) is 9.59 Å². The molecule has 1 saturated carbocycles. The van der Waals surface area contributed by atoms with Gasteiger partial charge in [0.1, 0.15) is 5.75 Å². The SMILES string of the molecule is O=C1COc2ccc(C(=O)N[C@@H](c3ccccc3)C3CC3)cc2N1. The lowest BCUT2D eigenvalue weighted by atomic mass is 10.0. The molecule has 0 spiro atoms. The molecule has 0 radical (unpaired) electrons. The first kappa shape index (κ1) is 14.8. The summed E-state index contributed by atoms with van der Waals surface area (Å²) in [6, 6.07) is 15.2. The average molecular weight is 322 g/mol. The van der Waals surface area contributed by atoms with E-state index in [1.165, 1.54) is 0 Å². The third-order valence-electron chi connectivity index (χ3n) is 4.41. The summed E-state index contributed by atoms with van der Waals surface area (Å²) < 4.78 is 5.33. The van der Waals surface area contributed by atoms with Crippen molar-refractivity contribution in [2.45, 2.75) is 18.9 Å². The standard InChI is InChI=1S/C19H18N2O3/c22-17-11-24-16-9-8-14(10-15(16)20-17)19(23)21-18(13-6-7-13)12-4-2-1-3-5-12/h1-5,8-10,13,18H,6-7,11H2,(H,20,22)(H,21,23)/t18-/m0/s1. The molecular weight excluding hydrogens is 304 g/mol. The van der Waals surface area contributed by atoms with Crippen LogP contribution in [0.5, 0.6) is 5.75 Å². The summed E-state index contributed by atoms with van der Waals surface area (Å²) in [6.45, 7) is 0.0102. The molecule has 0 saturated heterocycles. The van der Waals surface area contributed by atoms with Crippen LogP contribution in [0.1, 0.15) is 34.8 Å². The minimum absolute atomic E-state index is 0.0102. The van der Waals surface area contributed by atoms with E-state index >= 15 is 0 Å². The van der Waals surface area contributed by atoms with Gasteiger partial charge in [-0.25, -0.2) is 0 Å². The Morgan fingerprint density at radius 3 is 2.71 bits per heavy atom. The maximum Gasteiger partial charge on any atom is 0.262 e. The van der Waals surface area contributed by atoms with Crippen LogP contribution in [0.2, 0.25) is 0 Å². The van der Waals surface area contributed by atoms with Gasteiger partial charge in [-0.05, 0) is 42.5 Å². The highest BCUT2D eigenvalue weighted by Crippen LogP contribution is 2.41. The van der Waals surface area contributed by atoms with Crippen LogP contribution in [-0.2, 0) is 4.79 Å². The molecule has 1 heterocycles. The van der Waals surface area contributed by atoms with Crippen molar-refractivity contribution in [3.8, 4) is 5.75 Å². The molecule has 0 unspecified atom stereocenters. The zero-order valence-electron chi connectivity index (χ0n) is 13.1. The highest BCUT2D eigenvalue weighted by atomic mass is 16.5. The topological polar surface area (TPSA) is 67.4 Å². The Labute approximate surface area is 140 Å². The number of amides is 2. The minimum Gasteiger partial charge on any atom is -0.482 e. The fourth-order valence-electron chi connectivity index (χ4n) is 3.01. The van der Waals surface area contributed by atoms with Crippen molar-refractivity contribution in [2.24, 2.45) is 5.92 Å². The number of rotatable bonds is 4. The van der Waals surface area contributed by atoms with Crippen LogP contribution in [-0.4, -0.2) is 18.4 Å². The van der Waals surface area contributed by atoms with E-state index in [0.717, 1.165) is 18.4 Å². The lowest BCUT2D eigenvalue weighted by Crippen LogP contribution is -2.30. The molecular formula is C19H18N2O3. The molecule has 4 rings (SSSR count). The van der Waals surface area contributed by atoms with Gasteiger partial charge in [0.25, 0.3) is 11.8 Å². The summed E-state index contributed by atoms with van der Waals surface area (Å²) in [7, 11) is 0. The van der Waals surface area contributed by atoms with Gasteiger partial charge in [-0.15, -0.1) is 0 Å². The fourth-order valence-corrected chi connectivity index (χ4v) is 3.01. The molecule has 2 aromatic rings. The van der Waals surface area contributed by atoms with E-state index in [4.69, 9.17) is 4.74 Å². The van der Waals surface area contributed by atoms with Crippen LogP contribution in [0.3, 0.4) is 0 Å². The Morgan fingerprint density at radius 2 is 1.96 bits per heavy atom. The third-order valence-corrected chi connectivity index (χ3v) is 4.41. The molecule has 5 heteroatoms. The van der Waals surface area contributed by atoms with Crippen LogP contribution in [0.4, 0.5) is 5.69 Å². The van der Waals surface area contributed by atoms with Gasteiger partial charge >= 0.3 is 0 Å². The fraction of sp³-hybridized carbons (Fsp3) is 0.263. The second-order valence-corrected chi connectivity index (χ2v) is 6.25. The van der Waals surface area contributed by atoms with E-state index in [1.54, 1.807) is 18.2 Å². The summed E-state index contributed by atoms with van der Waals surface area (Å²) in [4.78, 5) is 24.1. The van der Waals surface area contributed by atoms with Gasteiger partial charge in [-0.3, -0.25) is 9.59 Å². The first-order chi connectivity index (χ1) is 11.7. The number of hydrogen-bond acceptors (Lipinski definition) is 3. The predicted molar refractivity (Wildman–Crippen MR) is 89.9 cm³/mol. The summed E-state index contributed by atoms with van der Waals surface area (Å²) in [5.41, 5.74) is 2.19. The number of carbonyl (C=O) groups is 2. The van der Waals surface area contributed by atoms with Crippen LogP contribution in [0.15, 0.2) is 48.5 Å². The first-order valence-electron chi connectivity index (χ1n) is 8.13. The van der Waals surface area contributed by atoms with Crippen LogP contribution >= 0.6 is 0 Å². The largest absolute Gasteiger partial charge is 0.482 e. The first-order valence-corrected chi connectivity index (χ1v) is 8.13. The Bertz CT molecular complexity index is 784. The molecule has 0 bridgehead atoms. The predicted octanol–water partition coefficient (Wildman–Crippen LogP) is 2.90. The van der Waals surface area contributed by atoms with Crippen LogP contribution < -0.4 is 15.4 Å². The van der Waals surface area contributed by atoms with Gasteiger partial charge in [0, 0.05) is 5.56 Å². The van der Waals surface area contributed by atoms with Crippen LogP contribution in [0, 0.1) is 5.92 Å². The highest BCUT2D eigenvalue weighted by Gasteiger charge is 2.33. The Morgan fingerprint density at radius 1 is 1.17 bits per heavy atom. The molecule has 2 N–H and O–H groups in total. The maximum absolute atomic E-state index is 12.7. The molecule has 1 atom stereocenters. The number of carbonyl (C=O) groups excluding carboxylic acids is 2. The molecule has 1 aliphatic carbocycles. The van der Waals surface area contributed by atoms with Crippen molar-refractivity contribution in [3.05, 3.63) is 59.7 Å². The number of fused-ring (bicyclic) bond motifs is 1. The van der Waals surface area contributed by atoms with Gasteiger partial charge in [0.2, 0.25) is 0 Å². The Balaban J connectivity index is 1.55. The van der Waals surface area contributed by atoms with Crippen molar-refractivity contribution < 1.29 is 14.3 Å². The number of ether oxygens (including phenoxy) is 1. The molecule has 5 nitrogen and oxygen atoms in total. The molecule has 122 valence electrons. The number of hydrogen-bond donors (Lipinski definition) is 2. The van der Waals surface area contributed by atoms with E-state index in [2.05, 4.69) is 10.6 Å². The van der Waals surface area contributed by atoms with Crippen molar-refractivity contribution in [2.75, 3.05) is 11.9 Å². The summed E-state index contributed by atoms with van der Waals surface area (Å²) in [5, 5.41) is 5.87. The Kier molecular flexibility index (Phi) is 3.69. The zero-order chi connectivity index (χ0) is 16.5. The van der Waals surface area contributed by atoms with Gasteiger partial charge in [0.05, 0.1) is 11.7 Å². The smallest absolute Gasteiger partial charge is 0.262 e. The quantitative estimate of drug-likeness (QED) is 0.909. The molecule has 24 heavy (non-hydrogen) atoms. The normalized spacial score (nSPS) is 17.2. The van der Waals surface area contributed by atoms with Crippen LogP contribution in [0.25, 0.3) is 0 Å². The summed E-state index contributed by atoms with van der Waals surface area (Å²) in [6.07, 6.45) is 2.27. The third kappa shape index (κ3) is 2.97. The zero-order valence-corrected chi connectivity index (χ0v) is 13.1. The molecule has 0 aromatic heterocycles. The number of benzene rings is 2. The van der Waals surface area contributed by atoms with Crippen molar-refractivity contribution >= 4 is 17.5 Å². The minimum atomic E-state index is -0.208. The molecule has 2 aromatic carbocycles. The van der Waals surface area contributed by atoms with Gasteiger partial charge in [0.15, 0.2) is 6.61 Å². The average Bonchev–Trinajstić information content (AvgIpc) is 3.44. The second-order valence-electron chi connectivity index (χ2n) is 6.25. The van der Waals surface area contributed by atoms with Gasteiger partial charge in [-0.1, -0.05) is 30.3 Å². The lowest BCUT2D eigenvalue weighted by molar-refractivity contribution is -0.118. The number of nitrogens with one attached hydrogen (secondary N) is 2. The molecule has 2 aliphatic rings. The molecule has 1 aliphatic heterocycles. The van der Waals surface area contributed by atoms with Crippen molar-refractivity contribution in [3.63, 3.8) is 0 Å². The molecule has 1 fully saturated rings. The van der Waals surface area contributed by atoms with Gasteiger partial charge in [-0.2, -0.15) is 0 Å². The van der Waals surface area contributed by atoms with E-state index in [-0.39, 0.29) is 24.5 Å². The summed E-state index contributed by atoms with van der Waals surface area (Å²) in [5.74, 6) is 0.739. The summed E-state index contributed by atoms with van der Waals surface area (Å²) >= 11 is 0.